The van der Waals surface area contributed by atoms with E-state index in [2.05, 4.69) is 53.6 Å². The molecule has 4 heteroatoms. The third-order valence-electron chi connectivity index (χ3n) is 4.69. The van der Waals surface area contributed by atoms with Crippen molar-refractivity contribution >= 4 is 5.91 Å². The molecule has 0 spiro atoms. The van der Waals surface area contributed by atoms with Gasteiger partial charge in [0, 0.05) is 19.0 Å². The van der Waals surface area contributed by atoms with Crippen LogP contribution in [0.4, 0.5) is 0 Å². The van der Waals surface area contributed by atoms with Gasteiger partial charge in [-0.2, -0.15) is 0 Å². The maximum Gasteiger partial charge on any atom is 0.223 e. The van der Waals surface area contributed by atoms with E-state index in [4.69, 9.17) is 0 Å². The summed E-state index contributed by atoms with van der Waals surface area (Å²) in [5.41, 5.74) is 2.49. The van der Waals surface area contributed by atoms with Crippen LogP contribution in [0.15, 0.2) is 24.3 Å². The van der Waals surface area contributed by atoms with Crippen molar-refractivity contribution in [1.29, 1.82) is 0 Å². The van der Waals surface area contributed by atoms with Crippen LogP contribution in [-0.2, 0) is 17.9 Å². The van der Waals surface area contributed by atoms with Crippen LogP contribution >= 0.6 is 0 Å². The van der Waals surface area contributed by atoms with Crippen molar-refractivity contribution in [3.8, 4) is 0 Å². The Morgan fingerprint density at radius 3 is 2.59 bits per heavy atom. The summed E-state index contributed by atoms with van der Waals surface area (Å²) in [7, 11) is 0. The van der Waals surface area contributed by atoms with Crippen molar-refractivity contribution in [2.75, 3.05) is 26.2 Å². The lowest BCUT2D eigenvalue weighted by atomic mass is 9.88. The first-order valence-electron chi connectivity index (χ1n) is 8.42. The van der Waals surface area contributed by atoms with Crippen LogP contribution in [0.1, 0.15) is 31.9 Å². The van der Waals surface area contributed by atoms with Gasteiger partial charge < -0.3 is 10.6 Å². The lowest BCUT2D eigenvalue weighted by molar-refractivity contribution is -0.126. The molecule has 1 saturated heterocycles. The van der Waals surface area contributed by atoms with Crippen molar-refractivity contribution in [2.45, 2.75) is 33.9 Å². The molecule has 1 aromatic rings. The summed E-state index contributed by atoms with van der Waals surface area (Å²) in [5.74, 6) is 0.759. The average Bonchev–Trinajstić information content (AvgIpc) is 2.48. The van der Waals surface area contributed by atoms with Crippen molar-refractivity contribution in [3.05, 3.63) is 35.4 Å². The Bertz CT molecular complexity index is 481. The molecule has 0 saturated carbocycles. The molecule has 0 radical (unpaired) electrons. The maximum absolute atomic E-state index is 12.2. The summed E-state index contributed by atoms with van der Waals surface area (Å²) in [6.45, 7) is 12.0. The molecule has 2 rings (SSSR count). The summed E-state index contributed by atoms with van der Waals surface area (Å²) in [4.78, 5) is 14.6. The van der Waals surface area contributed by atoms with Gasteiger partial charge in [-0.1, -0.05) is 45.0 Å². The molecule has 1 aliphatic heterocycles. The average molecular weight is 303 g/mol. The number of nitrogens with zero attached hydrogens (tertiary/aromatic N) is 1. The van der Waals surface area contributed by atoms with Gasteiger partial charge in [0.2, 0.25) is 5.91 Å². The standard InChI is InChI=1S/C18H29N3O/c1-4-21(5-2)13-16-8-6-7-15(9-16)10-20-18(22)14(3)17-11-19-12-17/h6-9,14,17,19H,4-5,10-13H2,1-3H3,(H,20,22). The fraction of sp³-hybridized carbons (Fsp3) is 0.611. The first kappa shape index (κ1) is 17.0. The quantitative estimate of drug-likeness (QED) is 0.772. The largest absolute Gasteiger partial charge is 0.352 e. The summed E-state index contributed by atoms with van der Waals surface area (Å²) in [6, 6.07) is 8.53. The van der Waals surface area contributed by atoms with Crippen molar-refractivity contribution < 1.29 is 4.79 Å². The Hall–Kier alpha value is -1.39. The molecule has 1 aliphatic rings. The van der Waals surface area contributed by atoms with E-state index < -0.39 is 0 Å². The van der Waals surface area contributed by atoms with E-state index in [1.165, 1.54) is 11.1 Å². The molecule has 1 atom stereocenters. The first-order chi connectivity index (χ1) is 10.6. The van der Waals surface area contributed by atoms with E-state index in [9.17, 15) is 4.79 Å². The van der Waals surface area contributed by atoms with E-state index in [1.54, 1.807) is 0 Å². The zero-order valence-corrected chi connectivity index (χ0v) is 14.1. The molecule has 22 heavy (non-hydrogen) atoms. The molecule has 1 aromatic carbocycles. The molecule has 0 aliphatic carbocycles. The number of nitrogens with one attached hydrogen (secondary N) is 2. The lowest BCUT2D eigenvalue weighted by Gasteiger charge is -2.31. The fourth-order valence-electron chi connectivity index (χ4n) is 2.77. The number of carbonyl (C=O) groups is 1. The molecule has 1 fully saturated rings. The highest BCUT2D eigenvalue weighted by Crippen LogP contribution is 2.16. The van der Waals surface area contributed by atoms with Gasteiger partial charge in [-0.25, -0.2) is 0 Å². The van der Waals surface area contributed by atoms with E-state index >= 15 is 0 Å². The Kier molecular flexibility index (Phi) is 6.40. The topological polar surface area (TPSA) is 44.4 Å². The Morgan fingerprint density at radius 1 is 1.32 bits per heavy atom. The van der Waals surface area contributed by atoms with E-state index in [0.29, 0.717) is 12.5 Å². The molecule has 2 N–H and O–H groups in total. The summed E-state index contributed by atoms with van der Waals surface area (Å²) < 4.78 is 0. The highest BCUT2D eigenvalue weighted by molar-refractivity contribution is 5.78. The van der Waals surface area contributed by atoms with E-state index in [1.807, 2.05) is 6.92 Å². The second kappa shape index (κ2) is 8.30. The second-order valence-corrected chi connectivity index (χ2v) is 6.21. The van der Waals surface area contributed by atoms with Crippen molar-refractivity contribution in [2.24, 2.45) is 11.8 Å². The Labute approximate surface area is 134 Å². The van der Waals surface area contributed by atoms with Crippen LogP contribution in [0.25, 0.3) is 0 Å². The SMILES string of the molecule is CCN(CC)Cc1cccc(CNC(=O)C(C)C2CNC2)c1. The molecular weight excluding hydrogens is 274 g/mol. The number of rotatable bonds is 8. The molecule has 1 unspecified atom stereocenters. The van der Waals surface area contributed by atoms with Crippen LogP contribution in [0.2, 0.25) is 0 Å². The van der Waals surface area contributed by atoms with Gasteiger partial charge in [-0.05, 0) is 43.2 Å². The van der Waals surface area contributed by atoms with Gasteiger partial charge in [-0.3, -0.25) is 9.69 Å². The summed E-state index contributed by atoms with van der Waals surface area (Å²) in [6.07, 6.45) is 0. The zero-order chi connectivity index (χ0) is 15.9. The van der Waals surface area contributed by atoms with Gasteiger partial charge in [0.15, 0.2) is 0 Å². The first-order valence-corrected chi connectivity index (χ1v) is 8.42. The second-order valence-electron chi connectivity index (χ2n) is 6.21. The molecule has 1 heterocycles. The van der Waals surface area contributed by atoms with Crippen LogP contribution in [0.3, 0.4) is 0 Å². The van der Waals surface area contributed by atoms with Gasteiger partial charge in [-0.15, -0.1) is 0 Å². The summed E-state index contributed by atoms with van der Waals surface area (Å²) >= 11 is 0. The number of hydrogen-bond acceptors (Lipinski definition) is 3. The third kappa shape index (κ3) is 4.55. The molecule has 4 nitrogen and oxygen atoms in total. The summed E-state index contributed by atoms with van der Waals surface area (Å²) in [5, 5.41) is 6.30. The smallest absolute Gasteiger partial charge is 0.223 e. The minimum absolute atomic E-state index is 0.0973. The normalized spacial score (nSPS) is 16.4. The molecular formula is C18H29N3O. The minimum atomic E-state index is 0.0973. The van der Waals surface area contributed by atoms with Crippen LogP contribution < -0.4 is 10.6 Å². The van der Waals surface area contributed by atoms with Crippen molar-refractivity contribution in [3.63, 3.8) is 0 Å². The Balaban J connectivity index is 1.85. The number of carbonyl (C=O) groups excluding carboxylic acids is 1. The Morgan fingerprint density at radius 2 is 2.00 bits per heavy atom. The molecule has 0 aromatic heterocycles. The van der Waals surface area contributed by atoms with E-state index in [0.717, 1.165) is 32.7 Å². The fourth-order valence-corrected chi connectivity index (χ4v) is 2.77. The van der Waals surface area contributed by atoms with Crippen LogP contribution in [-0.4, -0.2) is 37.0 Å². The van der Waals surface area contributed by atoms with Crippen LogP contribution in [0, 0.1) is 11.8 Å². The number of benzene rings is 1. The van der Waals surface area contributed by atoms with Gasteiger partial charge >= 0.3 is 0 Å². The minimum Gasteiger partial charge on any atom is -0.352 e. The highest BCUT2D eigenvalue weighted by atomic mass is 16.1. The molecule has 122 valence electrons. The predicted molar refractivity (Wildman–Crippen MR) is 90.4 cm³/mol. The monoisotopic (exact) mass is 303 g/mol. The van der Waals surface area contributed by atoms with Gasteiger partial charge in [0.05, 0.1) is 0 Å². The number of hydrogen-bond donors (Lipinski definition) is 2. The van der Waals surface area contributed by atoms with Gasteiger partial charge in [0.25, 0.3) is 0 Å². The maximum atomic E-state index is 12.2. The molecule has 1 amide bonds. The van der Waals surface area contributed by atoms with Crippen molar-refractivity contribution in [1.82, 2.24) is 15.5 Å². The van der Waals surface area contributed by atoms with Crippen LogP contribution in [0.5, 0.6) is 0 Å². The highest BCUT2D eigenvalue weighted by Gasteiger charge is 2.28. The molecule has 0 bridgehead atoms. The third-order valence-corrected chi connectivity index (χ3v) is 4.69. The number of amides is 1. The van der Waals surface area contributed by atoms with E-state index in [-0.39, 0.29) is 11.8 Å². The lowest BCUT2D eigenvalue weighted by Crippen LogP contribution is -2.49. The van der Waals surface area contributed by atoms with Gasteiger partial charge in [0.1, 0.15) is 0 Å². The predicted octanol–water partition coefficient (Wildman–Crippen LogP) is 2.00. The zero-order valence-electron chi connectivity index (χ0n) is 14.1.